The predicted octanol–water partition coefficient (Wildman–Crippen LogP) is 4.88. The van der Waals surface area contributed by atoms with Crippen LogP contribution in [-0.4, -0.2) is 13.2 Å². The van der Waals surface area contributed by atoms with Crippen LogP contribution in [0, 0.1) is 58.2 Å². The molecule has 0 saturated carbocycles. The minimum Gasteiger partial charge on any atom is -0.381 e. The topological polar surface area (TPSA) is 9.23 Å². The highest BCUT2D eigenvalue weighted by Gasteiger charge is 2.26. The van der Waals surface area contributed by atoms with Crippen molar-refractivity contribution in [1.29, 1.82) is 0 Å². The highest BCUT2D eigenvalue weighted by Crippen LogP contribution is 2.24. The van der Waals surface area contributed by atoms with Crippen LogP contribution in [0.4, 0.5) is 43.9 Å². The third kappa shape index (κ3) is 3.87. The van der Waals surface area contributed by atoms with Gasteiger partial charge in [-0.3, -0.25) is 0 Å². The van der Waals surface area contributed by atoms with Crippen molar-refractivity contribution < 1.29 is 48.6 Å². The van der Waals surface area contributed by atoms with E-state index in [2.05, 4.69) is 0 Å². The Bertz CT molecular complexity index is 751. The van der Waals surface area contributed by atoms with E-state index in [-0.39, 0.29) is 0 Å². The van der Waals surface area contributed by atoms with Gasteiger partial charge < -0.3 is 4.74 Å². The van der Waals surface area contributed by atoms with E-state index < -0.39 is 95.4 Å². The summed E-state index contributed by atoms with van der Waals surface area (Å²) in [5.41, 5.74) is -2.33. The lowest BCUT2D eigenvalue weighted by molar-refractivity contribution is 0.137. The van der Waals surface area contributed by atoms with Gasteiger partial charge in [-0.15, -0.1) is 0 Å². The molecule has 0 aliphatic heterocycles. The lowest BCUT2D eigenvalue weighted by atomic mass is 10.1. The minimum atomic E-state index is -2.33. The molecule has 2 aromatic carbocycles. The number of rotatable bonds is 6. The van der Waals surface area contributed by atoms with Crippen LogP contribution >= 0.6 is 0 Å². The van der Waals surface area contributed by atoms with Gasteiger partial charge in [-0.2, -0.15) is 0 Å². The van der Waals surface area contributed by atoms with Gasteiger partial charge in [0.25, 0.3) is 0 Å². The molecule has 0 atom stereocenters. The number of ether oxygens (including phenoxy) is 1. The van der Waals surface area contributed by atoms with Crippen LogP contribution in [-0.2, 0) is 17.6 Å². The highest BCUT2D eigenvalue weighted by molar-refractivity contribution is 5.25. The molecule has 2 rings (SSSR count). The SMILES string of the molecule is Fc1c(F)c(F)c(CCOCCc2c(F)c(F)c(F)c(F)c2F)c(F)c1F. The van der Waals surface area contributed by atoms with E-state index in [4.69, 9.17) is 4.74 Å². The van der Waals surface area contributed by atoms with Crippen LogP contribution in [0.15, 0.2) is 0 Å². The Labute approximate surface area is 145 Å². The van der Waals surface area contributed by atoms with Crippen LogP contribution in [0.1, 0.15) is 11.1 Å². The molecular weight excluding hydrogens is 398 g/mol. The standard InChI is InChI=1S/C16H8F10O/c17-7-5(8(18)12(22)15(25)11(7)21)1-3-27-4-2-6-9(19)13(23)16(26)14(24)10(6)20/h1-4H2. The molecule has 1 nitrogen and oxygen atoms in total. The van der Waals surface area contributed by atoms with Crippen molar-refractivity contribution in [3.05, 3.63) is 69.3 Å². The maximum atomic E-state index is 13.4. The molecule has 0 spiro atoms. The maximum Gasteiger partial charge on any atom is 0.200 e. The zero-order valence-electron chi connectivity index (χ0n) is 13.0. The number of hydrogen-bond donors (Lipinski definition) is 0. The van der Waals surface area contributed by atoms with Crippen LogP contribution in [0.3, 0.4) is 0 Å². The van der Waals surface area contributed by atoms with E-state index >= 15 is 0 Å². The average molecular weight is 406 g/mol. The van der Waals surface area contributed by atoms with Gasteiger partial charge in [0.1, 0.15) is 0 Å². The molecule has 0 amide bonds. The van der Waals surface area contributed by atoms with Gasteiger partial charge in [-0.25, -0.2) is 43.9 Å². The summed E-state index contributed by atoms with van der Waals surface area (Å²) in [6, 6.07) is 0. The molecule has 0 unspecified atom stereocenters. The number of benzene rings is 2. The van der Waals surface area contributed by atoms with E-state index in [0.717, 1.165) is 0 Å². The fourth-order valence-corrected chi connectivity index (χ4v) is 2.19. The second-order valence-corrected chi connectivity index (χ2v) is 5.21. The Hall–Kier alpha value is -2.30. The van der Waals surface area contributed by atoms with Crippen LogP contribution in [0.5, 0.6) is 0 Å². The van der Waals surface area contributed by atoms with Gasteiger partial charge in [0, 0.05) is 24.0 Å². The Morgan fingerprint density at radius 3 is 0.852 bits per heavy atom. The summed E-state index contributed by atoms with van der Waals surface area (Å²) >= 11 is 0. The first-order valence-corrected chi connectivity index (χ1v) is 7.17. The summed E-state index contributed by atoms with van der Waals surface area (Å²) < 4.78 is 136. The molecule has 27 heavy (non-hydrogen) atoms. The molecule has 0 aliphatic rings. The molecule has 0 aliphatic carbocycles. The minimum absolute atomic E-state index is 0.645. The van der Waals surface area contributed by atoms with Gasteiger partial charge in [0.15, 0.2) is 46.5 Å². The second-order valence-electron chi connectivity index (χ2n) is 5.21. The van der Waals surface area contributed by atoms with E-state index in [1.807, 2.05) is 0 Å². The number of hydrogen-bond acceptors (Lipinski definition) is 1. The van der Waals surface area contributed by atoms with Crippen molar-refractivity contribution >= 4 is 0 Å². The fraction of sp³-hybridized carbons (Fsp3) is 0.250. The number of halogens is 10. The third-order valence-electron chi connectivity index (χ3n) is 3.59. The molecular formula is C16H8F10O. The molecule has 148 valence electrons. The molecule has 2 aromatic rings. The van der Waals surface area contributed by atoms with Crippen molar-refractivity contribution in [2.45, 2.75) is 12.8 Å². The van der Waals surface area contributed by atoms with E-state index in [9.17, 15) is 43.9 Å². The van der Waals surface area contributed by atoms with Crippen molar-refractivity contribution in [2.24, 2.45) is 0 Å². The quantitative estimate of drug-likeness (QED) is 0.288. The summed E-state index contributed by atoms with van der Waals surface area (Å²) in [5, 5.41) is 0. The highest BCUT2D eigenvalue weighted by atomic mass is 19.2. The van der Waals surface area contributed by atoms with Crippen molar-refractivity contribution in [1.82, 2.24) is 0 Å². The Morgan fingerprint density at radius 2 is 0.593 bits per heavy atom. The predicted molar refractivity (Wildman–Crippen MR) is 70.7 cm³/mol. The van der Waals surface area contributed by atoms with Gasteiger partial charge in [0.05, 0.1) is 13.2 Å². The zero-order chi connectivity index (χ0) is 20.5. The average Bonchev–Trinajstić information content (AvgIpc) is 2.66. The molecule has 0 saturated heterocycles. The second kappa shape index (κ2) is 8.15. The molecule has 0 radical (unpaired) electrons. The van der Waals surface area contributed by atoms with Crippen molar-refractivity contribution in [3.63, 3.8) is 0 Å². The molecule has 11 heteroatoms. The molecule has 0 bridgehead atoms. The first kappa shape index (κ1) is 21.0. The summed E-state index contributed by atoms with van der Waals surface area (Å²) in [4.78, 5) is 0. The smallest absolute Gasteiger partial charge is 0.200 e. The van der Waals surface area contributed by atoms with Gasteiger partial charge in [-0.1, -0.05) is 0 Å². The normalized spacial score (nSPS) is 11.3. The fourth-order valence-electron chi connectivity index (χ4n) is 2.19. The molecule has 0 fully saturated rings. The van der Waals surface area contributed by atoms with Crippen molar-refractivity contribution in [3.8, 4) is 0 Å². The summed E-state index contributed by atoms with van der Waals surface area (Å²) in [5.74, 6) is -21.5. The van der Waals surface area contributed by atoms with Gasteiger partial charge >= 0.3 is 0 Å². The first-order valence-electron chi connectivity index (χ1n) is 7.17. The van der Waals surface area contributed by atoms with Gasteiger partial charge in [0.2, 0.25) is 11.6 Å². The van der Waals surface area contributed by atoms with Crippen LogP contribution < -0.4 is 0 Å². The summed E-state index contributed by atoms with van der Waals surface area (Å²) in [6.07, 6.45) is -1.58. The largest absolute Gasteiger partial charge is 0.381 e. The lowest BCUT2D eigenvalue weighted by Crippen LogP contribution is -2.12. The lowest BCUT2D eigenvalue weighted by Gasteiger charge is -2.10. The Morgan fingerprint density at radius 1 is 0.370 bits per heavy atom. The van der Waals surface area contributed by atoms with E-state index in [1.165, 1.54) is 0 Å². The monoisotopic (exact) mass is 406 g/mol. The first-order chi connectivity index (χ1) is 12.6. The Balaban J connectivity index is 2.02. The van der Waals surface area contributed by atoms with Crippen LogP contribution in [0.2, 0.25) is 0 Å². The molecule has 0 aromatic heterocycles. The Kier molecular flexibility index (Phi) is 6.34. The third-order valence-corrected chi connectivity index (χ3v) is 3.59. The van der Waals surface area contributed by atoms with E-state index in [0.29, 0.717) is 0 Å². The zero-order valence-corrected chi connectivity index (χ0v) is 13.0. The van der Waals surface area contributed by atoms with Crippen LogP contribution in [0.25, 0.3) is 0 Å². The molecule has 0 heterocycles. The van der Waals surface area contributed by atoms with Gasteiger partial charge in [-0.05, 0) is 0 Å². The summed E-state index contributed by atoms with van der Waals surface area (Å²) in [7, 11) is 0. The van der Waals surface area contributed by atoms with Crippen molar-refractivity contribution in [2.75, 3.05) is 13.2 Å². The maximum absolute atomic E-state index is 13.4. The molecule has 0 N–H and O–H groups in total. The van der Waals surface area contributed by atoms with E-state index in [1.54, 1.807) is 0 Å². The summed E-state index contributed by atoms with van der Waals surface area (Å²) in [6.45, 7) is -1.29.